The molecule has 1 N–H and O–H groups in total. The van der Waals surface area contributed by atoms with Crippen LogP contribution in [0.15, 0.2) is 47.4 Å². The monoisotopic (exact) mass is 350 g/mol. The fraction of sp³-hybridized carbons (Fsp3) is 0.188. The number of nitrogens with one attached hydrogen (secondary N) is 1. The highest BCUT2D eigenvalue weighted by Crippen LogP contribution is 2.22. The van der Waals surface area contributed by atoms with Gasteiger partial charge in [-0.2, -0.15) is 0 Å². The first kappa shape index (κ1) is 17.3. The number of carbonyl (C=O) groups excluding carboxylic acids is 1. The molecule has 5 nitrogen and oxygen atoms in total. The summed E-state index contributed by atoms with van der Waals surface area (Å²) in [4.78, 5) is 23.4. The standard InChI is InChI=1S/C16H15ClN2O3S/c1-11-2-5-13(6-3-11)23-9-8-18-16(20)14-10-12(19(21)22)4-7-15(14)17/h2-7,10H,8-9H2,1H3,(H,18,20). The third-order valence-electron chi connectivity index (χ3n) is 3.08. The van der Waals surface area contributed by atoms with Gasteiger partial charge in [0.05, 0.1) is 15.5 Å². The van der Waals surface area contributed by atoms with E-state index < -0.39 is 10.8 Å². The Labute approximate surface area is 143 Å². The molecule has 120 valence electrons. The SMILES string of the molecule is Cc1ccc(SCCNC(=O)c2cc([N+](=O)[O-])ccc2Cl)cc1. The number of hydrogen-bond donors (Lipinski definition) is 1. The zero-order chi connectivity index (χ0) is 16.8. The van der Waals surface area contributed by atoms with Crippen LogP contribution in [-0.2, 0) is 0 Å². The fourth-order valence-electron chi connectivity index (χ4n) is 1.86. The molecule has 2 aromatic rings. The molecule has 0 fully saturated rings. The lowest BCUT2D eigenvalue weighted by molar-refractivity contribution is -0.384. The Kier molecular flexibility index (Phi) is 6.01. The van der Waals surface area contributed by atoms with E-state index in [4.69, 9.17) is 11.6 Å². The summed E-state index contributed by atoms with van der Waals surface area (Å²) in [5.41, 5.74) is 1.15. The van der Waals surface area contributed by atoms with Gasteiger partial charge in [0.15, 0.2) is 0 Å². The zero-order valence-corrected chi connectivity index (χ0v) is 14.0. The fourth-order valence-corrected chi connectivity index (χ4v) is 2.84. The number of thioether (sulfide) groups is 1. The topological polar surface area (TPSA) is 72.2 Å². The van der Waals surface area contributed by atoms with Crippen LogP contribution in [0.25, 0.3) is 0 Å². The van der Waals surface area contributed by atoms with E-state index in [0.717, 1.165) is 4.90 Å². The number of benzene rings is 2. The second kappa shape index (κ2) is 7.99. The molecule has 0 bridgehead atoms. The van der Waals surface area contributed by atoms with Gasteiger partial charge in [0, 0.05) is 29.3 Å². The quantitative estimate of drug-likeness (QED) is 0.369. The van der Waals surface area contributed by atoms with Gasteiger partial charge in [0.25, 0.3) is 11.6 Å². The van der Waals surface area contributed by atoms with Crippen LogP contribution in [0.3, 0.4) is 0 Å². The van der Waals surface area contributed by atoms with Crippen molar-refractivity contribution in [3.05, 3.63) is 68.7 Å². The predicted molar refractivity (Wildman–Crippen MR) is 92.3 cm³/mol. The molecule has 23 heavy (non-hydrogen) atoms. The van der Waals surface area contributed by atoms with Crippen LogP contribution in [0.5, 0.6) is 0 Å². The molecule has 0 aliphatic carbocycles. The van der Waals surface area contributed by atoms with E-state index in [0.29, 0.717) is 12.3 Å². The van der Waals surface area contributed by atoms with E-state index in [2.05, 4.69) is 5.32 Å². The number of nitro groups is 1. The van der Waals surface area contributed by atoms with Crippen molar-refractivity contribution in [3.63, 3.8) is 0 Å². The number of carbonyl (C=O) groups is 1. The minimum atomic E-state index is -0.555. The van der Waals surface area contributed by atoms with Gasteiger partial charge in [-0.15, -0.1) is 11.8 Å². The summed E-state index contributed by atoms with van der Waals surface area (Å²) >= 11 is 7.55. The molecule has 0 aliphatic heterocycles. The maximum Gasteiger partial charge on any atom is 0.270 e. The minimum Gasteiger partial charge on any atom is -0.351 e. The molecule has 2 aromatic carbocycles. The van der Waals surface area contributed by atoms with E-state index in [1.165, 1.54) is 23.8 Å². The summed E-state index contributed by atoms with van der Waals surface area (Å²) in [5.74, 6) is 0.282. The Hall–Kier alpha value is -2.05. The van der Waals surface area contributed by atoms with Gasteiger partial charge in [0.1, 0.15) is 0 Å². The first-order valence-electron chi connectivity index (χ1n) is 6.89. The van der Waals surface area contributed by atoms with Gasteiger partial charge < -0.3 is 5.32 Å². The van der Waals surface area contributed by atoms with Gasteiger partial charge in [-0.3, -0.25) is 14.9 Å². The molecule has 0 saturated carbocycles. The van der Waals surface area contributed by atoms with Crippen LogP contribution in [0, 0.1) is 17.0 Å². The van der Waals surface area contributed by atoms with Gasteiger partial charge in [0.2, 0.25) is 0 Å². The Balaban J connectivity index is 1.88. The molecule has 0 aromatic heterocycles. The number of rotatable bonds is 6. The summed E-state index contributed by atoms with van der Waals surface area (Å²) < 4.78 is 0. The third kappa shape index (κ3) is 4.97. The van der Waals surface area contributed by atoms with Gasteiger partial charge in [-0.1, -0.05) is 29.3 Å². The lowest BCUT2D eigenvalue weighted by atomic mass is 10.2. The van der Waals surface area contributed by atoms with Gasteiger partial charge in [-0.25, -0.2) is 0 Å². The highest BCUT2D eigenvalue weighted by molar-refractivity contribution is 7.99. The number of aryl methyl sites for hydroxylation is 1. The van der Waals surface area contributed by atoms with E-state index in [-0.39, 0.29) is 16.3 Å². The maximum atomic E-state index is 12.1. The molecule has 0 saturated heterocycles. The molecular weight excluding hydrogens is 336 g/mol. The normalized spacial score (nSPS) is 10.3. The van der Waals surface area contributed by atoms with Crippen LogP contribution in [-0.4, -0.2) is 23.1 Å². The van der Waals surface area contributed by atoms with Crippen molar-refractivity contribution in [2.24, 2.45) is 0 Å². The van der Waals surface area contributed by atoms with E-state index in [1.54, 1.807) is 11.8 Å². The van der Waals surface area contributed by atoms with Crippen molar-refractivity contribution in [2.45, 2.75) is 11.8 Å². The van der Waals surface area contributed by atoms with E-state index in [1.807, 2.05) is 31.2 Å². The highest BCUT2D eigenvalue weighted by Gasteiger charge is 2.15. The van der Waals surface area contributed by atoms with Crippen molar-refractivity contribution in [2.75, 3.05) is 12.3 Å². The van der Waals surface area contributed by atoms with E-state index in [9.17, 15) is 14.9 Å². The molecule has 0 aliphatic rings. The molecule has 0 heterocycles. The van der Waals surface area contributed by atoms with Crippen LogP contribution >= 0.6 is 23.4 Å². The van der Waals surface area contributed by atoms with Crippen LogP contribution < -0.4 is 5.32 Å². The summed E-state index contributed by atoms with van der Waals surface area (Å²) in [6.45, 7) is 2.47. The summed E-state index contributed by atoms with van der Waals surface area (Å²) in [5, 5.41) is 13.7. The molecular formula is C16H15ClN2O3S. The molecule has 0 spiro atoms. The number of halogens is 1. The number of non-ortho nitro benzene ring substituents is 1. The second-order valence-electron chi connectivity index (χ2n) is 4.84. The first-order chi connectivity index (χ1) is 11.0. The Morgan fingerprint density at radius 1 is 1.26 bits per heavy atom. The summed E-state index contributed by atoms with van der Waals surface area (Å²) in [6.07, 6.45) is 0. The number of hydrogen-bond acceptors (Lipinski definition) is 4. The third-order valence-corrected chi connectivity index (χ3v) is 4.43. The lowest BCUT2D eigenvalue weighted by Gasteiger charge is -2.07. The number of amides is 1. The summed E-state index contributed by atoms with van der Waals surface area (Å²) in [6, 6.07) is 11.9. The largest absolute Gasteiger partial charge is 0.351 e. The Morgan fingerprint density at radius 2 is 1.96 bits per heavy atom. The van der Waals surface area contributed by atoms with E-state index >= 15 is 0 Å². The van der Waals surface area contributed by atoms with Gasteiger partial charge in [-0.05, 0) is 25.1 Å². The summed E-state index contributed by atoms with van der Waals surface area (Å²) in [7, 11) is 0. The number of nitro benzene ring substituents is 1. The van der Waals surface area contributed by atoms with Crippen molar-refractivity contribution in [1.29, 1.82) is 0 Å². The smallest absolute Gasteiger partial charge is 0.270 e. The minimum absolute atomic E-state index is 0.112. The molecule has 1 amide bonds. The van der Waals surface area contributed by atoms with Crippen molar-refractivity contribution in [3.8, 4) is 0 Å². The zero-order valence-electron chi connectivity index (χ0n) is 12.4. The average molecular weight is 351 g/mol. The van der Waals surface area contributed by atoms with Crippen LogP contribution in [0.4, 0.5) is 5.69 Å². The molecule has 0 unspecified atom stereocenters. The molecule has 0 radical (unpaired) electrons. The first-order valence-corrected chi connectivity index (χ1v) is 8.25. The Morgan fingerprint density at radius 3 is 2.61 bits per heavy atom. The molecule has 2 rings (SSSR count). The van der Waals surface area contributed by atoms with Gasteiger partial charge >= 0.3 is 0 Å². The van der Waals surface area contributed by atoms with Crippen LogP contribution in [0.2, 0.25) is 5.02 Å². The Bertz CT molecular complexity index is 720. The molecule has 0 atom stereocenters. The van der Waals surface area contributed by atoms with Crippen LogP contribution in [0.1, 0.15) is 15.9 Å². The average Bonchev–Trinajstić information content (AvgIpc) is 2.53. The van der Waals surface area contributed by atoms with Crippen molar-refractivity contribution >= 4 is 35.0 Å². The number of nitrogens with zero attached hydrogens (tertiary/aromatic N) is 1. The lowest BCUT2D eigenvalue weighted by Crippen LogP contribution is -2.26. The molecule has 7 heteroatoms. The maximum absolute atomic E-state index is 12.1. The predicted octanol–water partition coefficient (Wildman–Crippen LogP) is 4.08. The highest BCUT2D eigenvalue weighted by atomic mass is 35.5. The second-order valence-corrected chi connectivity index (χ2v) is 6.41. The van der Waals surface area contributed by atoms with Crippen molar-refractivity contribution < 1.29 is 9.72 Å². The van der Waals surface area contributed by atoms with Crippen molar-refractivity contribution in [1.82, 2.24) is 5.32 Å².